The molecule has 0 bridgehead atoms. The van der Waals surface area contributed by atoms with Crippen molar-refractivity contribution >= 4 is 11.3 Å². The summed E-state index contributed by atoms with van der Waals surface area (Å²) in [7, 11) is 0. The van der Waals surface area contributed by atoms with Crippen molar-refractivity contribution in [3.05, 3.63) is 52.0 Å². The van der Waals surface area contributed by atoms with Crippen LogP contribution in [0.25, 0.3) is 0 Å². The molecule has 0 aliphatic heterocycles. The molecule has 19 heavy (non-hydrogen) atoms. The Kier molecular flexibility index (Phi) is 3.42. The SMILES string of the molecule is Cc1nc(CC(O)C2(c3ccccc3)CCC2)cs1. The first-order chi connectivity index (χ1) is 9.21. The molecule has 1 aliphatic carbocycles. The minimum Gasteiger partial charge on any atom is -0.392 e. The van der Waals surface area contributed by atoms with Gasteiger partial charge in [0.05, 0.1) is 16.8 Å². The molecule has 1 fully saturated rings. The van der Waals surface area contributed by atoms with Gasteiger partial charge in [0, 0.05) is 17.2 Å². The van der Waals surface area contributed by atoms with Gasteiger partial charge in [-0.25, -0.2) is 4.98 Å². The van der Waals surface area contributed by atoms with E-state index in [2.05, 4.69) is 34.6 Å². The number of aromatic nitrogens is 1. The zero-order chi connectivity index (χ0) is 13.3. The number of nitrogens with zero attached hydrogens (tertiary/aromatic N) is 1. The van der Waals surface area contributed by atoms with Gasteiger partial charge in [-0.05, 0) is 25.3 Å². The Morgan fingerprint density at radius 1 is 1.32 bits per heavy atom. The lowest BCUT2D eigenvalue weighted by atomic mass is 9.60. The third-order valence-corrected chi connectivity index (χ3v) is 5.12. The highest BCUT2D eigenvalue weighted by Crippen LogP contribution is 2.47. The number of rotatable bonds is 4. The monoisotopic (exact) mass is 273 g/mol. The quantitative estimate of drug-likeness (QED) is 0.925. The van der Waals surface area contributed by atoms with Gasteiger partial charge >= 0.3 is 0 Å². The van der Waals surface area contributed by atoms with Gasteiger partial charge in [-0.2, -0.15) is 0 Å². The maximum absolute atomic E-state index is 10.7. The van der Waals surface area contributed by atoms with Crippen molar-refractivity contribution in [2.75, 3.05) is 0 Å². The first kappa shape index (κ1) is 12.8. The molecule has 1 N–H and O–H groups in total. The number of aryl methyl sites for hydroxylation is 1. The molecule has 3 rings (SSSR count). The third-order valence-electron chi connectivity index (χ3n) is 4.30. The van der Waals surface area contributed by atoms with Gasteiger partial charge in [0.25, 0.3) is 0 Å². The molecule has 2 aromatic rings. The average Bonchev–Trinajstić information content (AvgIpc) is 2.75. The van der Waals surface area contributed by atoms with Crippen LogP contribution < -0.4 is 0 Å². The van der Waals surface area contributed by atoms with Crippen molar-refractivity contribution in [3.63, 3.8) is 0 Å². The largest absolute Gasteiger partial charge is 0.392 e. The summed E-state index contributed by atoms with van der Waals surface area (Å²) in [5, 5.41) is 13.8. The van der Waals surface area contributed by atoms with Gasteiger partial charge in [0.15, 0.2) is 0 Å². The summed E-state index contributed by atoms with van der Waals surface area (Å²) in [5.41, 5.74) is 2.26. The Bertz CT molecular complexity index is 545. The fraction of sp³-hybridized carbons (Fsp3) is 0.438. The molecule has 1 aliphatic rings. The average molecular weight is 273 g/mol. The standard InChI is InChI=1S/C16H19NOS/c1-12-17-14(11-19-12)10-15(18)16(8-5-9-16)13-6-3-2-4-7-13/h2-4,6-7,11,15,18H,5,8-10H2,1H3. The van der Waals surface area contributed by atoms with Crippen LogP contribution in [0.4, 0.5) is 0 Å². The molecule has 1 aromatic carbocycles. The topological polar surface area (TPSA) is 33.1 Å². The second kappa shape index (κ2) is 5.06. The molecule has 100 valence electrons. The minimum atomic E-state index is -0.329. The molecule has 1 unspecified atom stereocenters. The van der Waals surface area contributed by atoms with Crippen LogP contribution in [0.5, 0.6) is 0 Å². The van der Waals surface area contributed by atoms with Crippen LogP contribution in [0.1, 0.15) is 35.5 Å². The Labute approximate surface area is 118 Å². The predicted molar refractivity (Wildman–Crippen MR) is 78.5 cm³/mol. The molecule has 3 heteroatoms. The van der Waals surface area contributed by atoms with E-state index in [4.69, 9.17) is 0 Å². The van der Waals surface area contributed by atoms with Crippen LogP contribution in [-0.4, -0.2) is 16.2 Å². The number of aliphatic hydroxyl groups is 1. The summed E-state index contributed by atoms with van der Waals surface area (Å²) in [6, 6.07) is 10.5. The fourth-order valence-electron chi connectivity index (χ4n) is 3.04. The smallest absolute Gasteiger partial charge is 0.0897 e. The van der Waals surface area contributed by atoms with Crippen LogP contribution in [0, 0.1) is 6.92 Å². The zero-order valence-electron chi connectivity index (χ0n) is 11.2. The van der Waals surface area contributed by atoms with Crippen molar-refractivity contribution in [1.82, 2.24) is 4.98 Å². The summed E-state index contributed by atoms with van der Waals surface area (Å²) in [4.78, 5) is 4.47. The molecular formula is C16H19NOS. The van der Waals surface area contributed by atoms with E-state index >= 15 is 0 Å². The molecule has 1 saturated carbocycles. The fourth-order valence-corrected chi connectivity index (χ4v) is 3.66. The van der Waals surface area contributed by atoms with Crippen molar-refractivity contribution in [2.45, 2.75) is 44.1 Å². The van der Waals surface area contributed by atoms with Crippen LogP contribution in [0.15, 0.2) is 35.7 Å². The van der Waals surface area contributed by atoms with Crippen LogP contribution in [0.3, 0.4) is 0 Å². The van der Waals surface area contributed by atoms with E-state index in [0.29, 0.717) is 6.42 Å². The highest BCUT2D eigenvalue weighted by atomic mass is 32.1. The highest BCUT2D eigenvalue weighted by Gasteiger charge is 2.44. The molecule has 0 radical (unpaired) electrons. The lowest BCUT2D eigenvalue weighted by Crippen LogP contribution is -2.46. The zero-order valence-corrected chi connectivity index (χ0v) is 12.0. The summed E-state index contributed by atoms with van der Waals surface area (Å²) in [6.45, 7) is 2.01. The van der Waals surface area contributed by atoms with E-state index in [1.165, 1.54) is 12.0 Å². The molecule has 1 aromatic heterocycles. The van der Waals surface area contributed by atoms with Gasteiger partial charge in [0.2, 0.25) is 0 Å². The summed E-state index contributed by atoms with van der Waals surface area (Å²) in [6.07, 6.45) is 3.72. The number of benzene rings is 1. The van der Waals surface area contributed by atoms with Gasteiger partial charge in [0.1, 0.15) is 0 Å². The minimum absolute atomic E-state index is 0.0429. The second-order valence-corrected chi connectivity index (χ2v) is 6.52. The maximum Gasteiger partial charge on any atom is 0.0897 e. The Balaban J connectivity index is 1.82. The van der Waals surface area contributed by atoms with Gasteiger partial charge in [-0.3, -0.25) is 0 Å². The van der Waals surface area contributed by atoms with Crippen molar-refractivity contribution < 1.29 is 5.11 Å². The summed E-state index contributed by atoms with van der Waals surface area (Å²) >= 11 is 1.66. The van der Waals surface area contributed by atoms with Crippen molar-refractivity contribution in [3.8, 4) is 0 Å². The summed E-state index contributed by atoms with van der Waals surface area (Å²) in [5.74, 6) is 0. The Morgan fingerprint density at radius 3 is 2.58 bits per heavy atom. The first-order valence-corrected chi connectivity index (χ1v) is 7.73. The number of hydrogen-bond donors (Lipinski definition) is 1. The Morgan fingerprint density at radius 2 is 2.05 bits per heavy atom. The number of aliphatic hydroxyl groups excluding tert-OH is 1. The van der Waals surface area contributed by atoms with E-state index < -0.39 is 0 Å². The van der Waals surface area contributed by atoms with E-state index in [9.17, 15) is 5.11 Å². The van der Waals surface area contributed by atoms with Crippen LogP contribution in [0.2, 0.25) is 0 Å². The maximum atomic E-state index is 10.7. The van der Waals surface area contributed by atoms with Crippen LogP contribution >= 0.6 is 11.3 Å². The molecule has 0 saturated heterocycles. The van der Waals surface area contributed by atoms with E-state index in [-0.39, 0.29) is 11.5 Å². The van der Waals surface area contributed by atoms with E-state index in [0.717, 1.165) is 23.5 Å². The molecule has 2 nitrogen and oxygen atoms in total. The molecule has 1 atom stereocenters. The third kappa shape index (κ3) is 2.33. The van der Waals surface area contributed by atoms with Crippen molar-refractivity contribution in [1.29, 1.82) is 0 Å². The van der Waals surface area contributed by atoms with Gasteiger partial charge in [-0.15, -0.1) is 11.3 Å². The van der Waals surface area contributed by atoms with E-state index in [1.807, 2.05) is 13.0 Å². The van der Waals surface area contributed by atoms with E-state index in [1.54, 1.807) is 11.3 Å². The highest BCUT2D eigenvalue weighted by molar-refractivity contribution is 7.09. The number of hydrogen-bond acceptors (Lipinski definition) is 3. The second-order valence-electron chi connectivity index (χ2n) is 5.45. The first-order valence-electron chi connectivity index (χ1n) is 6.85. The normalized spacial score (nSPS) is 18.8. The van der Waals surface area contributed by atoms with Crippen molar-refractivity contribution in [2.24, 2.45) is 0 Å². The van der Waals surface area contributed by atoms with Crippen LogP contribution in [-0.2, 0) is 11.8 Å². The molecule has 0 spiro atoms. The molecular weight excluding hydrogens is 254 g/mol. The molecule has 1 heterocycles. The summed E-state index contributed by atoms with van der Waals surface area (Å²) < 4.78 is 0. The van der Waals surface area contributed by atoms with Gasteiger partial charge < -0.3 is 5.11 Å². The van der Waals surface area contributed by atoms with Gasteiger partial charge in [-0.1, -0.05) is 36.8 Å². The predicted octanol–water partition coefficient (Wildman–Crippen LogP) is 3.48. The lowest BCUT2D eigenvalue weighted by molar-refractivity contribution is 0.0280. The Hall–Kier alpha value is -1.19. The number of thiazole rings is 1. The lowest BCUT2D eigenvalue weighted by Gasteiger charge is -2.46. The molecule has 0 amide bonds.